The first kappa shape index (κ1) is 24.5. The van der Waals surface area contributed by atoms with Crippen LogP contribution >= 0.6 is 0 Å². The molecule has 0 saturated carbocycles. The second-order valence-electron chi connectivity index (χ2n) is 11.8. The molecule has 2 unspecified atom stereocenters. The first-order valence-electron chi connectivity index (χ1n) is 15.1. The highest BCUT2D eigenvalue weighted by atomic mass is 16.5. The van der Waals surface area contributed by atoms with Crippen LogP contribution in [0.4, 0.5) is 11.5 Å². The molecule has 4 aliphatic heterocycles. The average Bonchev–Trinajstić information content (AvgIpc) is 2.97. The van der Waals surface area contributed by atoms with E-state index < -0.39 is 0 Å². The van der Waals surface area contributed by atoms with Gasteiger partial charge in [0.15, 0.2) is 0 Å². The zero-order chi connectivity index (χ0) is 28.1. The maximum atomic E-state index is 9.62. The van der Waals surface area contributed by atoms with Crippen molar-refractivity contribution in [3.63, 3.8) is 0 Å². The van der Waals surface area contributed by atoms with Crippen LogP contribution in [0.2, 0.25) is 0 Å². The third kappa shape index (κ3) is 4.79. The molecule has 40 heavy (non-hydrogen) atoms. The number of fused-ring (bicyclic) bond motifs is 4. The molecule has 9 heteroatoms. The van der Waals surface area contributed by atoms with Crippen molar-refractivity contribution < 1.29 is 6.11 Å². The fourth-order valence-electron chi connectivity index (χ4n) is 7.14. The third-order valence-electron chi connectivity index (χ3n) is 9.13. The quantitative estimate of drug-likeness (QED) is 0.537. The van der Waals surface area contributed by atoms with Crippen LogP contribution in [0.5, 0.6) is 0 Å². The number of nitrogens with zero attached hydrogens (tertiary/aromatic N) is 7. The Morgan fingerprint density at radius 1 is 1.05 bits per heavy atom. The molecule has 0 amide bonds. The highest BCUT2D eigenvalue weighted by Crippen LogP contribution is 2.32. The Morgan fingerprint density at radius 2 is 1.90 bits per heavy atom. The van der Waals surface area contributed by atoms with Crippen LogP contribution in [0.15, 0.2) is 42.6 Å². The predicted molar refractivity (Wildman–Crippen MR) is 157 cm³/mol. The van der Waals surface area contributed by atoms with Crippen LogP contribution in [0, 0.1) is 18.3 Å². The normalized spacial score (nSPS) is 27.8. The summed E-state index contributed by atoms with van der Waals surface area (Å²) in [5.41, 5.74) is 4.67. The van der Waals surface area contributed by atoms with Gasteiger partial charge in [0.05, 0.1) is 24.7 Å². The molecule has 1 N–H and O–H groups in total. The van der Waals surface area contributed by atoms with Crippen LogP contribution in [0.1, 0.15) is 25.1 Å². The molecule has 208 valence electrons. The number of benzene rings is 1. The van der Waals surface area contributed by atoms with Crippen molar-refractivity contribution in [2.24, 2.45) is 0 Å². The van der Waals surface area contributed by atoms with Crippen LogP contribution in [-0.4, -0.2) is 103 Å². The summed E-state index contributed by atoms with van der Waals surface area (Å²) in [6, 6.07) is 15.2. The summed E-state index contributed by atoms with van der Waals surface area (Å²) in [6.45, 7) is 14.0. The zero-order valence-corrected chi connectivity index (χ0v) is 23.4. The minimum absolute atomic E-state index is 0.190. The number of hydrogen-bond acceptors (Lipinski definition) is 9. The van der Waals surface area contributed by atoms with Gasteiger partial charge in [-0.1, -0.05) is 6.07 Å². The molecule has 4 atom stereocenters. The summed E-state index contributed by atoms with van der Waals surface area (Å²) in [5.74, 6) is 1.06. The Kier molecular flexibility index (Phi) is 6.49. The molecular weight excluding hydrogens is 500 g/mol. The molecule has 1 aromatic carbocycles. The zero-order valence-electron chi connectivity index (χ0n) is 24.4. The van der Waals surface area contributed by atoms with Crippen LogP contribution in [0.3, 0.4) is 0 Å². The molecule has 4 aliphatic rings. The van der Waals surface area contributed by atoms with Gasteiger partial charge in [-0.25, -0.2) is 4.98 Å². The first-order chi connectivity index (χ1) is 19.9. The van der Waals surface area contributed by atoms with Crippen molar-refractivity contribution in [2.45, 2.75) is 44.7 Å². The molecule has 3 aromatic rings. The van der Waals surface area contributed by atoms with Gasteiger partial charge in [-0.15, -0.1) is 0 Å². The Labute approximate surface area is 237 Å². The SMILES string of the molecule is [2H]c1ccc2c(N3C[C@@H]4CN(Cc5ccc(N6CC7CNCC(C6)O7)nc5C)CCN4[C@H](C)C3)ccc(C#N)c2n1. The number of aryl methyl sites for hydroxylation is 1. The fourth-order valence-corrected chi connectivity index (χ4v) is 7.14. The van der Waals surface area contributed by atoms with Gasteiger partial charge in [0, 0.05) is 100 Å². The summed E-state index contributed by atoms with van der Waals surface area (Å²) in [6.07, 6.45) is 0.674. The highest BCUT2D eigenvalue weighted by molar-refractivity contribution is 5.95. The number of morpholine rings is 2. The topological polar surface area (TPSA) is 83.8 Å². The minimum Gasteiger partial charge on any atom is -0.369 e. The van der Waals surface area contributed by atoms with Crippen LogP contribution in [-0.2, 0) is 11.3 Å². The number of rotatable bonds is 4. The van der Waals surface area contributed by atoms with E-state index in [0.717, 1.165) is 88.0 Å². The lowest BCUT2D eigenvalue weighted by molar-refractivity contribution is -0.0486. The lowest BCUT2D eigenvalue weighted by Gasteiger charge is -2.51. The molecule has 0 radical (unpaired) electrons. The molecule has 2 bridgehead atoms. The van der Waals surface area contributed by atoms with E-state index in [1.54, 1.807) is 6.07 Å². The van der Waals surface area contributed by atoms with Crippen LogP contribution in [0.25, 0.3) is 10.9 Å². The van der Waals surface area contributed by atoms with Crippen molar-refractivity contribution in [3.8, 4) is 6.07 Å². The monoisotopic (exact) mass is 539 g/mol. The lowest BCUT2D eigenvalue weighted by Crippen LogP contribution is -2.65. The molecule has 6 heterocycles. The number of hydrogen-bond donors (Lipinski definition) is 1. The number of piperazine rings is 2. The Morgan fingerprint density at radius 3 is 2.70 bits per heavy atom. The van der Waals surface area contributed by atoms with Gasteiger partial charge in [-0.2, -0.15) is 5.26 Å². The number of nitriles is 1. The van der Waals surface area contributed by atoms with Crippen molar-refractivity contribution >= 4 is 22.4 Å². The summed E-state index contributed by atoms with van der Waals surface area (Å²) in [5, 5.41) is 14.0. The summed E-state index contributed by atoms with van der Waals surface area (Å²) >= 11 is 0. The van der Waals surface area contributed by atoms with Crippen LogP contribution < -0.4 is 15.1 Å². The van der Waals surface area contributed by atoms with Gasteiger partial charge < -0.3 is 19.9 Å². The number of ether oxygens (including phenoxy) is 1. The van der Waals surface area contributed by atoms with Crippen molar-refractivity contribution in [1.29, 1.82) is 5.26 Å². The average molecular weight is 540 g/mol. The van der Waals surface area contributed by atoms with Gasteiger partial charge in [-0.3, -0.25) is 14.8 Å². The Bertz CT molecular complexity index is 1480. The standard InChI is InChI=1S/C31H38N8O/c1-21-15-37(29-7-5-23(12-32)31-28(29)4-3-9-34-31)18-25-17-36(10-11-39(21)25)16-24-6-8-30(35-22(24)2)38-19-26-13-33-14-27(20-38)40-26/h3-9,21,25-27,33H,10-11,13-20H2,1-2H3/t21-,25+,26?,27?/m1/s1/i9D. The van der Waals surface area contributed by atoms with E-state index in [4.69, 9.17) is 11.1 Å². The largest absolute Gasteiger partial charge is 0.369 e. The van der Waals surface area contributed by atoms with Crippen molar-refractivity contribution in [3.05, 3.63) is 59.4 Å². The fraction of sp³-hybridized carbons (Fsp3) is 0.516. The predicted octanol–water partition coefficient (Wildman–Crippen LogP) is 2.38. The molecular formula is C31H38N8O. The number of nitrogens with one attached hydrogen (secondary N) is 1. The van der Waals surface area contributed by atoms with Gasteiger partial charge in [0.25, 0.3) is 0 Å². The lowest BCUT2D eigenvalue weighted by atomic mass is 10.0. The van der Waals surface area contributed by atoms with E-state index in [0.29, 0.717) is 23.2 Å². The van der Waals surface area contributed by atoms with Crippen molar-refractivity contribution in [2.75, 3.05) is 68.7 Å². The molecule has 7 rings (SSSR count). The summed E-state index contributed by atoms with van der Waals surface area (Å²) < 4.78 is 14.1. The second kappa shape index (κ2) is 10.6. The third-order valence-corrected chi connectivity index (χ3v) is 9.13. The molecule has 9 nitrogen and oxygen atoms in total. The maximum Gasteiger partial charge on any atom is 0.128 e. The number of aromatic nitrogens is 2. The highest BCUT2D eigenvalue weighted by Gasteiger charge is 2.37. The van der Waals surface area contributed by atoms with E-state index in [-0.39, 0.29) is 18.4 Å². The molecule has 4 fully saturated rings. The van der Waals surface area contributed by atoms with Crippen molar-refractivity contribution in [1.82, 2.24) is 25.1 Å². The smallest absolute Gasteiger partial charge is 0.128 e. The van der Waals surface area contributed by atoms with E-state index >= 15 is 0 Å². The van der Waals surface area contributed by atoms with Gasteiger partial charge in [0.2, 0.25) is 0 Å². The molecule has 0 aliphatic carbocycles. The molecule has 2 aromatic heterocycles. The first-order valence-corrected chi connectivity index (χ1v) is 14.6. The number of pyridine rings is 2. The minimum atomic E-state index is 0.190. The van der Waals surface area contributed by atoms with E-state index in [1.165, 1.54) is 5.56 Å². The van der Waals surface area contributed by atoms with Gasteiger partial charge in [-0.05, 0) is 49.7 Å². The van der Waals surface area contributed by atoms with E-state index in [2.05, 4.69) is 68.0 Å². The summed E-state index contributed by atoms with van der Waals surface area (Å²) in [7, 11) is 0. The molecule has 0 spiro atoms. The second-order valence-corrected chi connectivity index (χ2v) is 11.8. The Hall–Kier alpha value is -3.29. The Balaban J connectivity index is 1.06. The maximum absolute atomic E-state index is 9.62. The van der Waals surface area contributed by atoms with E-state index in [1.807, 2.05) is 12.1 Å². The molecule has 4 saturated heterocycles. The van der Waals surface area contributed by atoms with E-state index in [9.17, 15) is 5.26 Å². The summed E-state index contributed by atoms with van der Waals surface area (Å²) in [4.78, 5) is 19.5. The number of anilines is 2. The van der Waals surface area contributed by atoms with Gasteiger partial charge in [0.1, 0.15) is 11.9 Å². The van der Waals surface area contributed by atoms with Gasteiger partial charge >= 0.3 is 0 Å².